The van der Waals surface area contributed by atoms with E-state index in [0.29, 0.717) is 11.4 Å². The zero-order valence-electron chi connectivity index (χ0n) is 11.4. The summed E-state index contributed by atoms with van der Waals surface area (Å²) >= 11 is 9.72. The molecule has 1 unspecified atom stereocenters. The average Bonchev–Trinajstić information content (AvgIpc) is 2.42. The highest BCUT2D eigenvalue weighted by Gasteiger charge is 2.15. The molecule has 2 aromatic rings. The van der Waals surface area contributed by atoms with E-state index in [2.05, 4.69) is 40.3 Å². The van der Waals surface area contributed by atoms with Crippen molar-refractivity contribution in [2.45, 2.75) is 19.4 Å². The van der Waals surface area contributed by atoms with E-state index >= 15 is 0 Å². The van der Waals surface area contributed by atoms with Crippen LogP contribution >= 0.6 is 27.5 Å². The number of rotatable bonds is 4. The molecule has 0 aliphatic carbocycles. The van der Waals surface area contributed by atoms with Crippen molar-refractivity contribution in [3.63, 3.8) is 0 Å². The molecule has 0 aromatic heterocycles. The molecule has 1 N–H and O–H groups in total. The van der Waals surface area contributed by atoms with Crippen molar-refractivity contribution >= 4 is 27.5 Å². The molecule has 4 heteroatoms. The van der Waals surface area contributed by atoms with E-state index in [9.17, 15) is 4.39 Å². The smallest absolute Gasteiger partial charge is 0.123 e. The lowest BCUT2D eigenvalue weighted by Gasteiger charge is -2.19. The van der Waals surface area contributed by atoms with Crippen molar-refractivity contribution in [2.24, 2.45) is 0 Å². The normalized spacial score (nSPS) is 12.4. The molecule has 106 valence electrons. The number of likely N-dealkylation sites (N-methyl/N-ethyl adjacent to an activating group) is 1. The van der Waals surface area contributed by atoms with Crippen LogP contribution in [0.3, 0.4) is 0 Å². The third-order valence-electron chi connectivity index (χ3n) is 3.31. The molecule has 0 heterocycles. The van der Waals surface area contributed by atoms with Crippen molar-refractivity contribution in [1.29, 1.82) is 0 Å². The van der Waals surface area contributed by atoms with Gasteiger partial charge in [0.15, 0.2) is 0 Å². The van der Waals surface area contributed by atoms with Crippen LogP contribution in [-0.4, -0.2) is 7.05 Å². The largest absolute Gasteiger partial charge is 0.313 e. The Morgan fingerprint density at radius 3 is 2.70 bits per heavy atom. The Morgan fingerprint density at radius 1 is 1.25 bits per heavy atom. The minimum absolute atomic E-state index is 0.0728. The predicted octanol–water partition coefficient (Wildman–Crippen LogP) is 5.05. The third-order valence-corrected chi connectivity index (χ3v) is 4.40. The molecule has 0 saturated heterocycles. The van der Waals surface area contributed by atoms with E-state index in [4.69, 9.17) is 11.6 Å². The monoisotopic (exact) mass is 355 g/mol. The van der Waals surface area contributed by atoms with Crippen LogP contribution in [0.2, 0.25) is 5.02 Å². The highest BCUT2D eigenvalue weighted by molar-refractivity contribution is 9.10. The summed E-state index contributed by atoms with van der Waals surface area (Å²) in [5, 5.41) is 3.86. The number of aryl methyl sites for hydroxylation is 1. The van der Waals surface area contributed by atoms with E-state index in [0.717, 1.165) is 15.6 Å². The predicted molar refractivity (Wildman–Crippen MR) is 85.8 cm³/mol. The molecule has 0 bridgehead atoms. The van der Waals surface area contributed by atoms with Gasteiger partial charge in [0.1, 0.15) is 5.82 Å². The van der Waals surface area contributed by atoms with Crippen molar-refractivity contribution in [1.82, 2.24) is 5.32 Å². The summed E-state index contributed by atoms with van der Waals surface area (Å²) in [7, 11) is 1.90. The van der Waals surface area contributed by atoms with Crippen molar-refractivity contribution in [3.8, 4) is 0 Å². The molecule has 0 saturated carbocycles. The summed E-state index contributed by atoms with van der Waals surface area (Å²) in [5.41, 5.74) is 3.14. The van der Waals surface area contributed by atoms with Crippen molar-refractivity contribution < 1.29 is 4.39 Å². The van der Waals surface area contributed by atoms with E-state index in [1.165, 1.54) is 17.7 Å². The minimum Gasteiger partial charge on any atom is -0.313 e. The molecular formula is C16H16BrClFN. The molecule has 2 aromatic carbocycles. The number of hydrogen-bond donors (Lipinski definition) is 1. The average molecular weight is 357 g/mol. The van der Waals surface area contributed by atoms with Crippen LogP contribution in [0.5, 0.6) is 0 Å². The molecule has 0 radical (unpaired) electrons. The molecule has 2 rings (SSSR count). The second-order valence-corrected chi connectivity index (χ2v) is 6.07. The van der Waals surface area contributed by atoms with Gasteiger partial charge in [0.2, 0.25) is 0 Å². The highest BCUT2D eigenvalue weighted by atomic mass is 79.9. The summed E-state index contributed by atoms with van der Waals surface area (Å²) in [6.45, 7) is 2.05. The Labute approximate surface area is 132 Å². The number of nitrogens with one attached hydrogen (secondary N) is 1. The van der Waals surface area contributed by atoms with Crippen LogP contribution in [0.4, 0.5) is 4.39 Å². The fourth-order valence-electron chi connectivity index (χ4n) is 2.22. The maximum Gasteiger partial charge on any atom is 0.123 e. The van der Waals surface area contributed by atoms with Gasteiger partial charge in [-0.1, -0.05) is 45.2 Å². The lowest BCUT2D eigenvalue weighted by molar-refractivity contribution is 0.582. The van der Waals surface area contributed by atoms with Crippen LogP contribution < -0.4 is 5.32 Å². The summed E-state index contributed by atoms with van der Waals surface area (Å²) in [5.74, 6) is -0.262. The molecule has 0 aliphatic rings. The van der Waals surface area contributed by atoms with Gasteiger partial charge in [-0.2, -0.15) is 0 Å². The summed E-state index contributed by atoms with van der Waals surface area (Å²) < 4.78 is 14.4. The highest BCUT2D eigenvalue weighted by Crippen LogP contribution is 2.29. The van der Waals surface area contributed by atoms with Gasteiger partial charge < -0.3 is 5.32 Å². The summed E-state index contributed by atoms with van der Waals surface area (Å²) in [6.07, 6.45) is 0.634. The molecule has 20 heavy (non-hydrogen) atoms. The first-order valence-electron chi connectivity index (χ1n) is 6.38. The maximum absolute atomic E-state index is 13.4. The van der Waals surface area contributed by atoms with Gasteiger partial charge in [-0.05, 0) is 55.8 Å². The Bertz CT molecular complexity index is 615. The van der Waals surface area contributed by atoms with Gasteiger partial charge in [-0.3, -0.25) is 0 Å². The molecule has 0 spiro atoms. The topological polar surface area (TPSA) is 12.0 Å². The Hall–Kier alpha value is -0.900. The fourth-order valence-corrected chi connectivity index (χ4v) is 2.94. The Kier molecular flexibility index (Phi) is 5.19. The second kappa shape index (κ2) is 6.70. The minimum atomic E-state index is -0.262. The van der Waals surface area contributed by atoms with E-state index < -0.39 is 0 Å². The van der Waals surface area contributed by atoms with Crippen LogP contribution in [0.15, 0.2) is 40.9 Å². The molecule has 1 nitrogen and oxygen atoms in total. The van der Waals surface area contributed by atoms with Gasteiger partial charge in [-0.25, -0.2) is 4.39 Å². The van der Waals surface area contributed by atoms with Gasteiger partial charge in [0, 0.05) is 15.5 Å². The zero-order valence-corrected chi connectivity index (χ0v) is 13.7. The van der Waals surface area contributed by atoms with Crippen LogP contribution in [0, 0.1) is 12.7 Å². The second-order valence-electron chi connectivity index (χ2n) is 4.81. The van der Waals surface area contributed by atoms with Crippen molar-refractivity contribution in [2.75, 3.05) is 7.05 Å². The SMILES string of the molecule is CNC(Cc1cc(F)ccc1Cl)c1cc(C)ccc1Br. The first kappa shape index (κ1) is 15.5. The molecule has 1 atom stereocenters. The Morgan fingerprint density at radius 2 is 2.00 bits per heavy atom. The van der Waals surface area contributed by atoms with E-state index in [1.807, 2.05) is 13.1 Å². The third kappa shape index (κ3) is 3.60. The fraction of sp³-hybridized carbons (Fsp3) is 0.250. The lowest BCUT2D eigenvalue weighted by Crippen LogP contribution is -2.19. The van der Waals surface area contributed by atoms with Gasteiger partial charge >= 0.3 is 0 Å². The molecule has 0 fully saturated rings. The first-order valence-corrected chi connectivity index (χ1v) is 7.55. The number of halogens is 3. The van der Waals surface area contributed by atoms with Crippen LogP contribution in [0.1, 0.15) is 22.7 Å². The molecule has 0 amide bonds. The summed E-state index contributed by atoms with van der Waals surface area (Å²) in [4.78, 5) is 0. The summed E-state index contributed by atoms with van der Waals surface area (Å²) in [6, 6.07) is 10.8. The number of benzene rings is 2. The number of hydrogen-bond acceptors (Lipinski definition) is 1. The maximum atomic E-state index is 13.4. The van der Waals surface area contributed by atoms with Crippen LogP contribution in [-0.2, 0) is 6.42 Å². The Balaban J connectivity index is 2.33. The van der Waals surface area contributed by atoms with Crippen LogP contribution in [0.25, 0.3) is 0 Å². The quantitative estimate of drug-likeness (QED) is 0.808. The first-order chi connectivity index (χ1) is 9.51. The van der Waals surface area contributed by atoms with Crippen molar-refractivity contribution in [3.05, 3.63) is 68.4 Å². The molecular weight excluding hydrogens is 341 g/mol. The van der Waals surface area contributed by atoms with Gasteiger partial charge in [0.05, 0.1) is 0 Å². The lowest BCUT2D eigenvalue weighted by atomic mass is 9.97. The van der Waals surface area contributed by atoms with E-state index in [-0.39, 0.29) is 11.9 Å². The van der Waals surface area contributed by atoms with Gasteiger partial charge in [0.25, 0.3) is 0 Å². The van der Waals surface area contributed by atoms with Gasteiger partial charge in [-0.15, -0.1) is 0 Å². The standard InChI is InChI=1S/C16H16BrClFN/c1-10-3-5-14(17)13(7-10)16(20-2)9-11-8-12(19)4-6-15(11)18/h3-8,16,20H,9H2,1-2H3. The van der Waals surface area contributed by atoms with E-state index in [1.54, 1.807) is 6.07 Å². The molecule has 0 aliphatic heterocycles. The zero-order chi connectivity index (χ0) is 14.7.